The number of halogens is 1. The number of nitrogens with zero attached hydrogens (tertiary/aromatic N) is 5. The minimum Gasteiger partial charge on any atom is -0.366 e. The fraction of sp³-hybridized carbons (Fsp3) is 0. The summed E-state index contributed by atoms with van der Waals surface area (Å²) in [4.78, 5) is 11.8. The zero-order valence-electron chi connectivity index (χ0n) is 6.42. The van der Waals surface area contributed by atoms with E-state index in [9.17, 15) is 0 Å². The highest BCUT2D eigenvalue weighted by molar-refractivity contribution is 9.10. The Balaban J connectivity index is 2.53. The molecule has 0 bridgehead atoms. The van der Waals surface area contributed by atoms with E-state index in [2.05, 4.69) is 36.0 Å². The third kappa shape index (κ3) is 1.50. The Kier molecular flexibility index (Phi) is 1.93. The molecule has 0 spiro atoms. The van der Waals surface area contributed by atoms with Crippen molar-refractivity contribution in [1.29, 1.82) is 0 Å². The van der Waals surface area contributed by atoms with Crippen molar-refractivity contribution in [3.8, 4) is 5.82 Å². The van der Waals surface area contributed by atoms with Crippen LogP contribution in [0.4, 0.5) is 5.95 Å². The Bertz CT molecular complexity index is 410. The van der Waals surface area contributed by atoms with Gasteiger partial charge in [-0.15, -0.1) is 5.10 Å². The van der Waals surface area contributed by atoms with Crippen LogP contribution < -0.4 is 5.73 Å². The molecule has 13 heavy (non-hydrogen) atoms. The van der Waals surface area contributed by atoms with Gasteiger partial charge in [0.2, 0.25) is 10.7 Å². The summed E-state index contributed by atoms with van der Waals surface area (Å²) in [6.45, 7) is 0. The van der Waals surface area contributed by atoms with Crippen LogP contribution in [-0.2, 0) is 0 Å². The Morgan fingerprint density at radius 3 is 2.77 bits per heavy atom. The molecule has 0 atom stereocenters. The number of nitrogen functional groups attached to an aromatic ring is 1. The van der Waals surface area contributed by atoms with Gasteiger partial charge < -0.3 is 5.73 Å². The van der Waals surface area contributed by atoms with E-state index in [1.54, 1.807) is 18.6 Å². The molecule has 0 aromatic carbocycles. The molecule has 6 nitrogen and oxygen atoms in total. The average molecular weight is 241 g/mol. The highest BCUT2D eigenvalue weighted by Gasteiger charge is 2.06. The lowest BCUT2D eigenvalue weighted by Crippen LogP contribution is -2.00. The lowest BCUT2D eigenvalue weighted by molar-refractivity contribution is 0.819. The van der Waals surface area contributed by atoms with Crippen molar-refractivity contribution in [2.45, 2.75) is 0 Å². The Labute approximate surface area is 82.0 Å². The van der Waals surface area contributed by atoms with Crippen LogP contribution in [0.25, 0.3) is 5.82 Å². The Hall–Kier alpha value is -1.50. The SMILES string of the molecule is Nc1nc(Br)n(-c2cnccn2)n1. The molecule has 0 fully saturated rings. The molecule has 0 unspecified atom stereocenters. The molecule has 0 aliphatic rings. The summed E-state index contributed by atoms with van der Waals surface area (Å²) >= 11 is 3.20. The molecule has 0 amide bonds. The fourth-order valence-corrected chi connectivity index (χ4v) is 1.30. The van der Waals surface area contributed by atoms with Crippen molar-refractivity contribution >= 4 is 21.9 Å². The highest BCUT2D eigenvalue weighted by atomic mass is 79.9. The van der Waals surface area contributed by atoms with E-state index in [4.69, 9.17) is 5.73 Å². The predicted octanol–water partition coefficient (Wildman–Crippen LogP) is 0.402. The van der Waals surface area contributed by atoms with E-state index < -0.39 is 0 Å². The molecule has 7 heteroatoms. The van der Waals surface area contributed by atoms with Gasteiger partial charge in [0.25, 0.3) is 0 Å². The summed E-state index contributed by atoms with van der Waals surface area (Å²) in [5, 5.41) is 3.91. The maximum Gasteiger partial charge on any atom is 0.240 e. The minimum absolute atomic E-state index is 0.192. The summed E-state index contributed by atoms with van der Waals surface area (Å²) in [7, 11) is 0. The van der Waals surface area contributed by atoms with Gasteiger partial charge in [-0.1, -0.05) is 0 Å². The van der Waals surface area contributed by atoms with Crippen molar-refractivity contribution in [3.05, 3.63) is 23.3 Å². The predicted molar refractivity (Wildman–Crippen MR) is 49.1 cm³/mol. The number of hydrogen-bond donors (Lipinski definition) is 1. The third-order valence-electron chi connectivity index (χ3n) is 1.35. The Morgan fingerprint density at radius 2 is 2.23 bits per heavy atom. The summed E-state index contributed by atoms with van der Waals surface area (Å²) in [6, 6.07) is 0. The largest absolute Gasteiger partial charge is 0.366 e. The molecule has 0 saturated heterocycles. The van der Waals surface area contributed by atoms with Crippen LogP contribution in [0.3, 0.4) is 0 Å². The first-order valence-electron chi connectivity index (χ1n) is 3.42. The first kappa shape index (κ1) is 8.11. The molecular formula is C6H5BrN6. The smallest absolute Gasteiger partial charge is 0.240 e. The standard InChI is InChI=1S/C6H5BrN6/c7-5-11-6(8)12-13(5)4-3-9-1-2-10-4/h1-3H,(H2,8,12). The topological polar surface area (TPSA) is 82.5 Å². The quantitative estimate of drug-likeness (QED) is 0.781. The zero-order chi connectivity index (χ0) is 9.26. The maximum absolute atomic E-state index is 5.40. The first-order chi connectivity index (χ1) is 6.27. The van der Waals surface area contributed by atoms with Gasteiger partial charge in [-0.25, -0.2) is 4.98 Å². The molecule has 2 N–H and O–H groups in total. The van der Waals surface area contributed by atoms with E-state index in [0.717, 1.165) is 0 Å². The van der Waals surface area contributed by atoms with Crippen LogP contribution in [-0.4, -0.2) is 24.7 Å². The number of anilines is 1. The van der Waals surface area contributed by atoms with Gasteiger partial charge in [0.1, 0.15) is 0 Å². The van der Waals surface area contributed by atoms with E-state index in [1.165, 1.54) is 4.68 Å². The molecule has 0 aliphatic carbocycles. The van der Waals surface area contributed by atoms with E-state index in [0.29, 0.717) is 10.6 Å². The first-order valence-corrected chi connectivity index (χ1v) is 4.21. The summed E-state index contributed by atoms with van der Waals surface area (Å²) in [5.74, 6) is 0.760. The molecular weight excluding hydrogens is 236 g/mol. The Morgan fingerprint density at radius 1 is 1.38 bits per heavy atom. The third-order valence-corrected chi connectivity index (χ3v) is 1.86. The van der Waals surface area contributed by atoms with Crippen molar-refractivity contribution < 1.29 is 0 Å². The number of rotatable bonds is 1. The molecule has 2 heterocycles. The van der Waals surface area contributed by atoms with Crippen LogP contribution in [0, 0.1) is 0 Å². The second-order valence-electron chi connectivity index (χ2n) is 2.21. The minimum atomic E-state index is 0.192. The average Bonchev–Trinajstić information content (AvgIpc) is 2.47. The van der Waals surface area contributed by atoms with Crippen molar-refractivity contribution in [2.24, 2.45) is 0 Å². The number of nitrogens with two attached hydrogens (primary N) is 1. The van der Waals surface area contributed by atoms with Gasteiger partial charge in [-0.2, -0.15) is 9.67 Å². The van der Waals surface area contributed by atoms with E-state index in [-0.39, 0.29) is 5.95 Å². The van der Waals surface area contributed by atoms with Gasteiger partial charge in [0.15, 0.2) is 5.82 Å². The van der Waals surface area contributed by atoms with Crippen LogP contribution in [0.15, 0.2) is 23.3 Å². The van der Waals surface area contributed by atoms with E-state index in [1.807, 2.05) is 0 Å². The van der Waals surface area contributed by atoms with Crippen LogP contribution in [0.1, 0.15) is 0 Å². The van der Waals surface area contributed by atoms with Crippen LogP contribution in [0.5, 0.6) is 0 Å². The summed E-state index contributed by atoms with van der Waals surface area (Å²) < 4.78 is 1.97. The molecule has 66 valence electrons. The van der Waals surface area contributed by atoms with Crippen molar-refractivity contribution in [2.75, 3.05) is 5.73 Å². The van der Waals surface area contributed by atoms with Gasteiger partial charge in [-0.05, 0) is 15.9 Å². The van der Waals surface area contributed by atoms with Crippen LogP contribution >= 0.6 is 15.9 Å². The second kappa shape index (κ2) is 3.09. The van der Waals surface area contributed by atoms with Gasteiger partial charge in [0.05, 0.1) is 6.20 Å². The monoisotopic (exact) mass is 240 g/mol. The lowest BCUT2D eigenvalue weighted by Gasteiger charge is -1.97. The van der Waals surface area contributed by atoms with E-state index >= 15 is 0 Å². The number of hydrogen-bond acceptors (Lipinski definition) is 5. The molecule has 0 saturated carbocycles. The number of aromatic nitrogens is 5. The second-order valence-corrected chi connectivity index (χ2v) is 2.92. The normalized spacial score (nSPS) is 10.2. The van der Waals surface area contributed by atoms with Crippen LogP contribution in [0.2, 0.25) is 0 Å². The summed E-state index contributed by atoms with van der Waals surface area (Å²) in [6.07, 6.45) is 4.72. The maximum atomic E-state index is 5.40. The van der Waals surface area contributed by atoms with Gasteiger partial charge in [0, 0.05) is 12.4 Å². The molecule has 0 radical (unpaired) electrons. The van der Waals surface area contributed by atoms with Crippen molar-refractivity contribution in [1.82, 2.24) is 24.7 Å². The molecule has 2 aromatic heterocycles. The molecule has 2 aromatic rings. The molecule has 2 rings (SSSR count). The van der Waals surface area contributed by atoms with Gasteiger partial charge in [-0.3, -0.25) is 4.98 Å². The summed E-state index contributed by atoms with van der Waals surface area (Å²) in [5.41, 5.74) is 5.40. The van der Waals surface area contributed by atoms with Gasteiger partial charge >= 0.3 is 0 Å². The lowest BCUT2D eigenvalue weighted by atomic mass is 10.7. The molecule has 0 aliphatic heterocycles. The zero-order valence-corrected chi connectivity index (χ0v) is 8.01. The highest BCUT2D eigenvalue weighted by Crippen LogP contribution is 2.11. The fourth-order valence-electron chi connectivity index (χ4n) is 0.854. The van der Waals surface area contributed by atoms with Crippen molar-refractivity contribution in [3.63, 3.8) is 0 Å².